The van der Waals surface area contributed by atoms with Crippen molar-refractivity contribution in [3.05, 3.63) is 44.6 Å². The number of halogens is 1. The van der Waals surface area contributed by atoms with Crippen molar-refractivity contribution in [1.82, 2.24) is 0 Å². The molecule has 2 aromatic rings. The molecule has 0 unspecified atom stereocenters. The van der Waals surface area contributed by atoms with Gasteiger partial charge in [0.2, 0.25) is 10.0 Å². The number of hydrogen-bond donors (Lipinski definition) is 2. The van der Waals surface area contributed by atoms with Crippen LogP contribution < -0.4 is 10.5 Å². The number of aryl methyl sites for hydroxylation is 1. The number of benzene rings is 1. The first-order valence-electron chi connectivity index (χ1n) is 5.88. The van der Waals surface area contributed by atoms with Crippen LogP contribution in [0, 0.1) is 13.8 Å². The molecule has 1 heterocycles. The van der Waals surface area contributed by atoms with Crippen molar-refractivity contribution in [2.24, 2.45) is 5.14 Å². The van der Waals surface area contributed by atoms with E-state index in [0.717, 1.165) is 5.56 Å². The number of rotatable bonds is 3. The van der Waals surface area contributed by atoms with Gasteiger partial charge in [0, 0.05) is 5.69 Å². The zero-order valence-electron chi connectivity index (χ0n) is 11.3. The minimum atomic E-state index is -3.84. The Labute approximate surface area is 131 Å². The summed E-state index contributed by atoms with van der Waals surface area (Å²) in [5.41, 5.74) is 1.88. The smallest absolute Gasteiger partial charge is 0.267 e. The maximum Gasteiger partial charge on any atom is 0.267 e. The largest absolute Gasteiger partial charge is 0.321 e. The zero-order chi connectivity index (χ0) is 15.8. The maximum absolute atomic E-state index is 12.2. The molecule has 1 amide bonds. The molecule has 3 N–H and O–H groups in total. The number of amides is 1. The van der Waals surface area contributed by atoms with E-state index in [-0.39, 0.29) is 10.8 Å². The van der Waals surface area contributed by atoms with Gasteiger partial charge in [-0.25, -0.2) is 13.6 Å². The summed E-state index contributed by atoms with van der Waals surface area (Å²) >= 11 is 7.12. The predicted octanol–water partition coefficient (Wildman–Crippen LogP) is 2.92. The number of hydrogen-bond acceptors (Lipinski definition) is 4. The molecule has 0 saturated carbocycles. The lowest BCUT2D eigenvalue weighted by molar-refractivity contribution is 0.103. The van der Waals surface area contributed by atoms with Crippen molar-refractivity contribution >= 4 is 44.6 Å². The molecule has 8 heteroatoms. The number of anilines is 1. The molecule has 0 fully saturated rings. The van der Waals surface area contributed by atoms with Gasteiger partial charge in [0.05, 0.1) is 9.92 Å². The summed E-state index contributed by atoms with van der Waals surface area (Å²) in [4.78, 5) is 12.5. The van der Waals surface area contributed by atoms with E-state index < -0.39 is 10.0 Å². The van der Waals surface area contributed by atoms with E-state index in [1.54, 1.807) is 25.3 Å². The van der Waals surface area contributed by atoms with Gasteiger partial charge >= 0.3 is 0 Å². The van der Waals surface area contributed by atoms with Crippen molar-refractivity contribution in [3.8, 4) is 0 Å². The molecular weight excluding hydrogens is 332 g/mol. The fraction of sp³-hybridized carbons (Fsp3) is 0.154. The fourth-order valence-electron chi connectivity index (χ4n) is 1.76. The number of thiophene rings is 1. The van der Waals surface area contributed by atoms with Gasteiger partial charge < -0.3 is 5.32 Å². The van der Waals surface area contributed by atoms with Gasteiger partial charge in [-0.15, -0.1) is 11.3 Å². The van der Waals surface area contributed by atoms with Gasteiger partial charge in [0.1, 0.15) is 4.88 Å². The summed E-state index contributed by atoms with van der Waals surface area (Å²) < 4.78 is 22.9. The van der Waals surface area contributed by atoms with Crippen molar-refractivity contribution < 1.29 is 13.2 Å². The summed E-state index contributed by atoms with van der Waals surface area (Å²) in [5, 5.41) is 9.87. The van der Waals surface area contributed by atoms with Crippen LogP contribution in [0.3, 0.4) is 0 Å². The third-order valence-electron chi connectivity index (χ3n) is 3.04. The van der Waals surface area contributed by atoms with Crippen LogP contribution in [0.5, 0.6) is 0 Å². The van der Waals surface area contributed by atoms with E-state index in [1.165, 1.54) is 23.5 Å². The molecule has 2 rings (SSSR count). The molecule has 0 atom stereocenters. The highest BCUT2D eigenvalue weighted by molar-refractivity contribution is 7.89. The summed E-state index contributed by atoms with van der Waals surface area (Å²) in [6, 6.07) is 4.44. The lowest BCUT2D eigenvalue weighted by Gasteiger charge is -2.12. The molecule has 5 nitrogen and oxygen atoms in total. The highest BCUT2D eigenvalue weighted by atomic mass is 35.5. The van der Waals surface area contributed by atoms with Crippen LogP contribution in [0.4, 0.5) is 5.69 Å². The molecule has 21 heavy (non-hydrogen) atoms. The lowest BCUT2D eigenvalue weighted by atomic mass is 10.1. The number of nitrogens with two attached hydrogens (primary N) is 1. The van der Waals surface area contributed by atoms with Gasteiger partial charge in [-0.05, 0) is 48.6 Å². The molecule has 0 aliphatic heterocycles. The average Bonchev–Trinajstić information content (AvgIpc) is 2.79. The van der Waals surface area contributed by atoms with Crippen LogP contribution in [-0.4, -0.2) is 14.3 Å². The minimum Gasteiger partial charge on any atom is -0.321 e. The second kappa shape index (κ2) is 5.76. The van der Waals surface area contributed by atoms with Gasteiger partial charge in [-0.2, -0.15) is 0 Å². The van der Waals surface area contributed by atoms with Crippen molar-refractivity contribution in [1.29, 1.82) is 0 Å². The standard InChI is InChI=1S/C13H13ClN2O3S2/c1-7-5-9(21(15,18)19)6-11(8(7)2)16-13(17)12-10(14)3-4-20-12/h3-6H,1-2H3,(H,16,17)(H2,15,18,19). The third-order valence-corrected chi connectivity index (χ3v) is 5.27. The molecule has 0 bridgehead atoms. The first kappa shape index (κ1) is 16.0. The number of primary sulfonamides is 1. The summed E-state index contributed by atoms with van der Waals surface area (Å²) in [7, 11) is -3.84. The highest BCUT2D eigenvalue weighted by Gasteiger charge is 2.17. The molecule has 0 aliphatic carbocycles. The van der Waals surface area contributed by atoms with E-state index in [0.29, 0.717) is 21.2 Å². The molecule has 112 valence electrons. The van der Waals surface area contributed by atoms with Crippen molar-refractivity contribution in [2.45, 2.75) is 18.7 Å². The number of carbonyl (C=O) groups is 1. The van der Waals surface area contributed by atoms with E-state index in [1.807, 2.05) is 0 Å². The third kappa shape index (κ3) is 3.44. The molecule has 1 aromatic heterocycles. The van der Waals surface area contributed by atoms with Gasteiger partial charge in [-0.3, -0.25) is 4.79 Å². The molecule has 0 saturated heterocycles. The second-order valence-electron chi connectivity index (χ2n) is 4.51. The van der Waals surface area contributed by atoms with Gasteiger partial charge in [0.15, 0.2) is 0 Å². The SMILES string of the molecule is Cc1cc(S(N)(=O)=O)cc(NC(=O)c2sccc2Cl)c1C. The van der Waals surface area contributed by atoms with Crippen LogP contribution in [0.1, 0.15) is 20.8 Å². The van der Waals surface area contributed by atoms with Crippen LogP contribution in [0.15, 0.2) is 28.5 Å². The van der Waals surface area contributed by atoms with E-state index in [4.69, 9.17) is 16.7 Å². The van der Waals surface area contributed by atoms with Gasteiger partial charge in [-0.1, -0.05) is 11.6 Å². The Balaban J connectivity index is 2.43. The molecule has 1 aromatic carbocycles. The lowest BCUT2D eigenvalue weighted by Crippen LogP contribution is -2.16. The Morgan fingerprint density at radius 3 is 2.52 bits per heavy atom. The molecule has 0 radical (unpaired) electrons. The Bertz CT molecular complexity index is 813. The van der Waals surface area contributed by atoms with Crippen LogP contribution >= 0.6 is 22.9 Å². The van der Waals surface area contributed by atoms with Crippen LogP contribution in [0.2, 0.25) is 5.02 Å². The summed E-state index contributed by atoms with van der Waals surface area (Å²) in [6.07, 6.45) is 0. The van der Waals surface area contributed by atoms with Crippen LogP contribution in [-0.2, 0) is 10.0 Å². The number of sulfonamides is 1. The summed E-state index contributed by atoms with van der Waals surface area (Å²) in [6.45, 7) is 3.53. The maximum atomic E-state index is 12.2. The van der Waals surface area contributed by atoms with Crippen LogP contribution in [0.25, 0.3) is 0 Å². The summed E-state index contributed by atoms with van der Waals surface area (Å²) in [5.74, 6) is -0.385. The van der Waals surface area contributed by atoms with E-state index in [2.05, 4.69) is 5.32 Å². The fourth-order valence-corrected chi connectivity index (χ4v) is 3.41. The number of nitrogens with one attached hydrogen (secondary N) is 1. The Hall–Kier alpha value is -1.41. The number of carbonyl (C=O) groups excluding carboxylic acids is 1. The average molecular weight is 345 g/mol. The first-order chi connectivity index (χ1) is 9.70. The second-order valence-corrected chi connectivity index (χ2v) is 7.39. The Kier molecular flexibility index (Phi) is 4.38. The van der Waals surface area contributed by atoms with E-state index >= 15 is 0 Å². The van der Waals surface area contributed by atoms with E-state index in [9.17, 15) is 13.2 Å². The Morgan fingerprint density at radius 2 is 2.00 bits per heavy atom. The topological polar surface area (TPSA) is 89.3 Å². The minimum absolute atomic E-state index is 0.0434. The monoisotopic (exact) mass is 344 g/mol. The van der Waals surface area contributed by atoms with Crippen molar-refractivity contribution in [3.63, 3.8) is 0 Å². The highest BCUT2D eigenvalue weighted by Crippen LogP contribution is 2.27. The predicted molar refractivity (Wildman–Crippen MR) is 84.6 cm³/mol. The quantitative estimate of drug-likeness (QED) is 0.897. The van der Waals surface area contributed by atoms with Gasteiger partial charge in [0.25, 0.3) is 5.91 Å². The first-order valence-corrected chi connectivity index (χ1v) is 8.69. The molecule has 0 spiro atoms. The Morgan fingerprint density at radius 1 is 1.33 bits per heavy atom. The zero-order valence-corrected chi connectivity index (χ0v) is 13.7. The molecular formula is C13H13ClN2O3S2. The van der Waals surface area contributed by atoms with Crippen molar-refractivity contribution in [2.75, 3.05) is 5.32 Å². The molecule has 0 aliphatic rings. The normalized spacial score (nSPS) is 11.4.